The lowest BCUT2D eigenvalue weighted by Gasteiger charge is -2.28. The molecule has 0 unspecified atom stereocenters. The van der Waals surface area contributed by atoms with Gasteiger partial charge in [-0.2, -0.15) is 8.42 Å². The fourth-order valence-corrected chi connectivity index (χ4v) is 2.67. The molecule has 1 aliphatic heterocycles. The molecule has 1 saturated heterocycles. The topological polar surface area (TPSA) is 52.6 Å². The largest absolute Gasteiger partial charge is 0.373 e. The van der Waals surface area contributed by atoms with Crippen molar-refractivity contribution in [3.8, 4) is 0 Å². The third-order valence-corrected chi connectivity index (χ3v) is 3.34. The number of hydrogen-bond acceptors (Lipinski definition) is 4. The third kappa shape index (κ3) is 3.80. The second-order valence-corrected chi connectivity index (χ2v) is 5.82. The van der Waals surface area contributed by atoms with Gasteiger partial charge >= 0.3 is 0 Å². The van der Waals surface area contributed by atoms with E-state index < -0.39 is 10.1 Å². The Labute approximate surface area is 102 Å². The van der Waals surface area contributed by atoms with Crippen LogP contribution in [-0.2, 0) is 19.0 Å². The molecule has 1 aromatic carbocycles. The Morgan fingerprint density at radius 3 is 2.65 bits per heavy atom. The summed E-state index contributed by atoms with van der Waals surface area (Å²) >= 11 is 0. The van der Waals surface area contributed by atoms with E-state index in [1.165, 1.54) is 0 Å². The highest BCUT2D eigenvalue weighted by molar-refractivity contribution is 7.86. The molecule has 0 bridgehead atoms. The summed E-state index contributed by atoms with van der Waals surface area (Å²) in [4.78, 5) is 0. The molecular weight excluding hydrogens is 240 g/mol. The van der Waals surface area contributed by atoms with Crippen molar-refractivity contribution in [2.45, 2.75) is 25.0 Å². The molecule has 2 rings (SSSR count). The van der Waals surface area contributed by atoms with Gasteiger partial charge in [-0.1, -0.05) is 30.3 Å². The summed E-state index contributed by atoms with van der Waals surface area (Å²) in [5.41, 5.74) is 1.06. The second-order valence-electron chi connectivity index (χ2n) is 4.22. The van der Waals surface area contributed by atoms with Crippen LogP contribution in [0.15, 0.2) is 30.3 Å². The van der Waals surface area contributed by atoms with Gasteiger partial charge in [0.2, 0.25) is 0 Å². The Kier molecular flexibility index (Phi) is 3.81. The summed E-state index contributed by atoms with van der Waals surface area (Å²) in [6.07, 6.45) is 1.94. The van der Waals surface area contributed by atoms with E-state index in [0.717, 1.165) is 11.8 Å². The summed E-state index contributed by atoms with van der Waals surface area (Å²) in [6, 6.07) is 9.79. The van der Waals surface area contributed by atoms with Crippen molar-refractivity contribution in [3.05, 3.63) is 35.9 Å². The lowest BCUT2D eigenvalue weighted by Crippen LogP contribution is -2.28. The van der Waals surface area contributed by atoms with Crippen LogP contribution in [0.5, 0.6) is 0 Å². The quantitative estimate of drug-likeness (QED) is 0.775. The summed E-state index contributed by atoms with van der Waals surface area (Å²) in [6.45, 7) is 0.528. The summed E-state index contributed by atoms with van der Waals surface area (Å²) in [7, 11) is -3.38. The fourth-order valence-electron chi connectivity index (χ4n) is 2.00. The molecule has 0 radical (unpaired) electrons. The van der Waals surface area contributed by atoms with Gasteiger partial charge in [0.05, 0.1) is 18.5 Å². The highest BCUT2D eigenvalue weighted by atomic mass is 32.2. The van der Waals surface area contributed by atoms with Crippen LogP contribution in [-0.4, -0.2) is 27.4 Å². The highest BCUT2D eigenvalue weighted by Crippen LogP contribution is 2.29. The molecule has 1 aromatic rings. The number of rotatable bonds is 3. The van der Waals surface area contributed by atoms with E-state index in [1.807, 2.05) is 30.3 Å². The number of hydrogen-bond donors (Lipinski definition) is 0. The van der Waals surface area contributed by atoms with Gasteiger partial charge in [0, 0.05) is 13.0 Å². The first kappa shape index (κ1) is 12.5. The standard InChI is InChI=1S/C12H16O4S/c1-17(13,14)16-11-7-8-15-12(9-11)10-5-3-2-4-6-10/h2-6,11-12H,7-9H2,1H3/t11-,12+/m0/s1. The lowest BCUT2D eigenvalue weighted by molar-refractivity contribution is -0.0342. The molecule has 0 aliphatic carbocycles. The SMILES string of the molecule is CS(=O)(=O)O[C@H]1CCO[C@@H](c2ccccc2)C1. The molecule has 2 atom stereocenters. The van der Waals surface area contributed by atoms with Crippen LogP contribution in [0.25, 0.3) is 0 Å². The first-order valence-corrected chi connectivity index (χ1v) is 7.41. The van der Waals surface area contributed by atoms with Crippen molar-refractivity contribution < 1.29 is 17.3 Å². The zero-order valence-corrected chi connectivity index (χ0v) is 10.5. The molecule has 0 aromatic heterocycles. The molecular formula is C12H16O4S. The molecule has 0 amide bonds. The van der Waals surface area contributed by atoms with E-state index in [0.29, 0.717) is 19.4 Å². The minimum absolute atomic E-state index is 0.0725. The zero-order valence-electron chi connectivity index (χ0n) is 9.70. The minimum Gasteiger partial charge on any atom is -0.373 e. The maximum absolute atomic E-state index is 11.1. The predicted octanol–water partition coefficient (Wildman–Crippen LogP) is 1.88. The van der Waals surface area contributed by atoms with E-state index in [4.69, 9.17) is 8.92 Å². The van der Waals surface area contributed by atoms with E-state index in [9.17, 15) is 8.42 Å². The van der Waals surface area contributed by atoms with Crippen LogP contribution in [0.2, 0.25) is 0 Å². The molecule has 0 N–H and O–H groups in total. The van der Waals surface area contributed by atoms with Crippen LogP contribution in [0, 0.1) is 0 Å². The first-order valence-electron chi connectivity index (χ1n) is 5.59. The van der Waals surface area contributed by atoms with E-state index in [-0.39, 0.29) is 12.2 Å². The molecule has 1 fully saturated rings. The molecule has 17 heavy (non-hydrogen) atoms. The molecule has 1 heterocycles. The van der Waals surface area contributed by atoms with E-state index in [2.05, 4.69) is 0 Å². The molecule has 5 heteroatoms. The van der Waals surface area contributed by atoms with Crippen molar-refractivity contribution in [1.29, 1.82) is 0 Å². The van der Waals surface area contributed by atoms with Gasteiger partial charge in [0.15, 0.2) is 0 Å². The summed E-state index contributed by atoms with van der Waals surface area (Å²) in [5.74, 6) is 0. The number of ether oxygens (including phenoxy) is 1. The van der Waals surface area contributed by atoms with E-state index in [1.54, 1.807) is 0 Å². The van der Waals surface area contributed by atoms with Gasteiger partial charge in [-0.15, -0.1) is 0 Å². The molecule has 0 saturated carbocycles. The maximum Gasteiger partial charge on any atom is 0.264 e. The van der Waals surface area contributed by atoms with Crippen molar-refractivity contribution in [2.24, 2.45) is 0 Å². The molecule has 4 nitrogen and oxygen atoms in total. The third-order valence-electron chi connectivity index (χ3n) is 2.72. The van der Waals surface area contributed by atoms with Crippen LogP contribution >= 0.6 is 0 Å². The maximum atomic E-state index is 11.1. The van der Waals surface area contributed by atoms with Crippen LogP contribution < -0.4 is 0 Å². The van der Waals surface area contributed by atoms with Gasteiger partial charge in [-0.25, -0.2) is 0 Å². The Hall–Kier alpha value is -0.910. The summed E-state index contributed by atoms with van der Waals surface area (Å²) < 4.78 is 32.8. The van der Waals surface area contributed by atoms with E-state index >= 15 is 0 Å². The average Bonchev–Trinajstić information content (AvgIpc) is 2.28. The zero-order chi connectivity index (χ0) is 12.3. The smallest absolute Gasteiger partial charge is 0.264 e. The fraction of sp³-hybridized carbons (Fsp3) is 0.500. The molecule has 1 aliphatic rings. The average molecular weight is 256 g/mol. The summed E-state index contributed by atoms with van der Waals surface area (Å²) in [5, 5.41) is 0. The second kappa shape index (κ2) is 5.16. The highest BCUT2D eigenvalue weighted by Gasteiger charge is 2.26. The number of benzene rings is 1. The van der Waals surface area contributed by atoms with Gasteiger partial charge < -0.3 is 4.74 Å². The lowest BCUT2D eigenvalue weighted by atomic mass is 10.00. The minimum atomic E-state index is -3.38. The van der Waals surface area contributed by atoms with Crippen LogP contribution in [0.3, 0.4) is 0 Å². The van der Waals surface area contributed by atoms with Crippen molar-refractivity contribution in [1.82, 2.24) is 0 Å². The Balaban J connectivity index is 2.03. The normalized spacial score (nSPS) is 25.7. The predicted molar refractivity (Wildman–Crippen MR) is 64.1 cm³/mol. The van der Waals surface area contributed by atoms with Gasteiger partial charge in [-0.05, 0) is 12.0 Å². The Morgan fingerprint density at radius 2 is 2.00 bits per heavy atom. The van der Waals surface area contributed by atoms with Crippen molar-refractivity contribution in [3.63, 3.8) is 0 Å². The van der Waals surface area contributed by atoms with Gasteiger partial charge in [0.25, 0.3) is 10.1 Å². The first-order chi connectivity index (χ1) is 8.04. The monoisotopic (exact) mass is 256 g/mol. The van der Waals surface area contributed by atoms with Crippen molar-refractivity contribution >= 4 is 10.1 Å². The molecule has 94 valence electrons. The van der Waals surface area contributed by atoms with Gasteiger partial charge in [-0.3, -0.25) is 4.18 Å². The van der Waals surface area contributed by atoms with Crippen LogP contribution in [0.4, 0.5) is 0 Å². The Morgan fingerprint density at radius 1 is 1.29 bits per heavy atom. The van der Waals surface area contributed by atoms with Gasteiger partial charge in [0.1, 0.15) is 0 Å². The Bertz CT molecular complexity index is 455. The van der Waals surface area contributed by atoms with Crippen molar-refractivity contribution in [2.75, 3.05) is 12.9 Å². The molecule has 0 spiro atoms. The van der Waals surface area contributed by atoms with Crippen LogP contribution in [0.1, 0.15) is 24.5 Å².